The maximum Gasteiger partial charge on any atom is 0.113 e. The van der Waals surface area contributed by atoms with E-state index in [2.05, 4.69) is 72.7 Å². The van der Waals surface area contributed by atoms with Gasteiger partial charge in [-0.15, -0.1) is 5.10 Å². The lowest BCUT2D eigenvalue weighted by Gasteiger charge is -2.09. The van der Waals surface area contributed by atoms with Crippen molar-refractivity contribution in [1.29, 1.82) is 0 Å². The van der Waals surface area contributed by atoms with Crippen LogP contribution < -0.4 is 5.30 Å². The van der Waals surface area contributed by atoms with E-state index in [-0.39, 0.29) is 0 Å². The minimum atomic E-state index is 0.830. The van der Waals surface area contributed by atoms with Crippen LogP contribution in [0.25, 0.3) is 22.2 Å². The number of hydrogen-bond acceptors (Lipinski definition) is 2. The summed E-state index contributed by atoms with van der Waals surface area (Å²) in [6.07, 6.45) is 2.29. The van der Waals surface area contributed by atoms with Crippen molar-refractivity contribution in [2.45, 2.75) is 26.8 Å². The molecule has 0 saturated carbocycles. The molecule has 27 heavy (non-hydrogen) atoms. The van der Waals surface area contributed by atoms with Crippen molar-refractivity contribution in [2.75, 3.05) is 6.16 Å². The highest BCUT2D eigenvalue weighted by atomic mass is 31.1. The number of benzene rings is 3. The van der Waals surface area contributed by atoms with Gasteiger partial charge in [-0.3, -0.25) is 0 Å². The van der Waals surface area contributed by atoms with Crippen LogP contribution in [0.3, 0.4) is 0 Å². The Labute approximate surface area is 162 Å². The van der Waals surface area contributed by atoms with Crippen molar-refractivity contribution < 1.29 is 0 Å². The lowest BCUT2D eigenvalue weighted by Crippen LogP contribution is -2.02. The molecule has 0 fully saturated rings. The largest absolute Gasteiger partial charge is 0.245 e. The SMILES string of the molecule is Cc1ccc(C)c(-c2ccc(PCCCn3nnc4ccccc43)cc2)c1. The van der Waals surface area contributed by atoms with Crippen LogP contribution >= 0.6 is 8.58 Å². The van der Waals surface area contributed by atoms with Gasteiger partial charge in [-0.1, -0.05) is 74.0 Å². The molecule has 0 saturated heterocycles. The molecule has 4 rings (SSSR count). The molecule has 0 aliphatic rings. The van der Waals surface area contributed by atoms with Crippen LogP contribution in [0.2, 0.25) is 0 Å². The fourth-order valence-electron chi connectivity index (χ4n) is 3.36. The molecule has 0 bridgehead atoms. The monoisotopic (exact) mass is 373 g/mol. The Balaban J connectivity index is 1.34. The second-order valence-corrected chi connectivity index (χ2v) is 8.41. The molecule has 1 unspecified atom stereocenters. The highest BCUT2D eigenvalue weighted by Crippen LogP contribution is 2.25. The lowest BCUT2D eigenvalue weighted by molar-refractivity contribution is 0.598. The molecule has 0 N–H and O–H groups in total. The van der Waals surface area contributed by atoms with Gasteiger partial charge in [0.15, 0.2) is 0 Å². The van der Waals surface area contributed by atoms with Gasteiger partial charge in [-0.05, 0) is 60.6 Å². The van der Waals surface area contributed by atoms with Crippen molar-refractivity contribution in [3.63, 3.8) is 0 Å². The quantitative estimate of drug-likeness (QED) is 0.347. The number of nitrogens with zero attached hydrogens (tertiary/aromatic N) is 3. The van der Waals surface area contributed by atoms with Gasteiger partial charge in [-0.25, -0.2) is 4.68 Å². The van der Waals surface area contributed by atoms with Gasteiger partial charge in [0.25, 0.3) is 0 Å². The molecule has 0 aliphatic carbocycles. The van der Waals surface area contributed by atoms with Gasteiger partial charge in [0, 0.05) is 6.54 Å². The van der Waals surface area contributed by atoms with Crippen molar-refractivity contribution in [3.8, 4) is 11.1 Å². The van der Waals surface area contributed by atoms with E-state index in [0.717, 1.165) is 32.6 Å². The van der Waals surface area contributed by atoms with E-state index in [1.54, 1.807) is 0 Å². The van der Waals surface area contributed by atoms with Gasteiger partial charge in [0.1, 0.15) is 5.52 Å². The first-order valence-electron chi connectivity index (χ1n) is 9.40. The zero-order valence-corrected chi connectivity index (χ0v) is 16.8. The first-order chi connectivity index (χ1) is 13.2. The first kappa shape index (κ1) is 17.9. The summed E-state index contributed by atoms with van der Waals surface area (Å²) in [6, 6.07) is 23.9. The Morgan fingerprint density at radius 2 is 1.74 bits per heavy atom. The molecular formula is C23H24N3P. The fourth-order valence-corrected chi connectivity index (χ4v) is 4.38. The van der Waals surface area contributed by atoms with Gasteiger partial charge in [0.2, 0.25) is 0 Å². The van der Waals surface area contributed by atoms with Gasteiger partial charge < -0.3 is 0 Å². The van der Waals surface area contributed by atoms with Gasteiger partial charge in [-0.2, -0.15) is 0 Å². The van der Waals surface area contributed by atoms with E-state index in [4.69, 9.17) is 0 Å². The van der Waals surface area contributed by atoms with Crippen LogP contribution in [0.4, 0.5) is 0 Å². The van der Waals surface area contributed by atoms with Crippen LogP contribution in [-0.4, -0.2) is 21.2 Å². The summed E-state index contributed by atoms with van der Waals surface area (Å²) in [5, 5.41) is 9.92. The molecule has 4 aromatic rings. The molecule has 1 heterocycles. The lowest BCUT2D eigenvalue weighted by atomic mass is 9.99. The van der Waals surface area contributed by atoms with E-state index < -0.39 is 0 Å². The molecule has 0 spiro atoms. The number of para-hydroxylation sites is 1. The van der Waals surface area contributed by atoms with Gasteiger partial charge >= 0.3 is 0 Å². The Hall–Kier alpha value is -2.51. The Kier molecular flexibility index (Phi) is 5.31. The highest BCUT2D eigenvalue weighted by Gasteiger charge is 2.04. The standard InChI is InChI=1S/C23H24N3P/c1-17-8-9-18(2)21(16-17)19-10-12-20(13-11-19)27-15-5-14-26-23-7-4-3-6-22(23)24-25-26/h3-4,6-13,16,27H,5,14-15H2,1-2H3. The van der Waals surface area contributed by atoms with Crippen molar-refractivity contribution in [1.82, 2.24) is 15.0 Å². The summed E-state index contributed by atoms with van der Waals surface area (Å²) in [4.78, 5) is 0. The van der Waals surface area contributed by atoms with Crippen LogP contribution in [0.15, 0.2) is 66.7 Å². The normalized spacial score (nSPS) is 11.6. The minimum Gasteiger partial charge on any atom is -0.245 e. The first-order valence-corrected chi connectivity index (χ1v) is 10.6. The smallest absolute Gasteiger partial charge is 0.113 e. The fraction of sp³-hybridized carbons (Fsp3) is 0.217. The molecule has 0 aliphatic heterocycles. The topological polar surface area (TPSA) is 30.7 Å². The third-order valence-electron chi connectivity index (χ3n) is 4.89. The summed E-state index contributed by atoms with van der Waals surface area (Å²) in [6.45, 7) is 5.25. The van der Waals surface area contributed by atoms with Crippen molar-refractivity contribution in [3.05, 3.63) is 77.9 Å². The number of rotatable bonds is 6. The Morgan fingerprint density at radius 1 is 0.926 bits per heavy atom. The zero-order valence-electron chi connectivity index (χ0n) is 15.8. The average molecular weight is 373 g/mol. The van der Waals surface area contributed by atoms with E-state index in [9.17, 15) is 0 Å². The molecule has 1 atom stereocenters. The average Bonchev–Trinajstić information content (AvgIpc) is 3.11. The predicted octanol–water partition coefficient (Wildman–Crippen LogP) is 5.11. The third-order valence-corrected chi connectivity index (χ3v) is 6.23. The molecule has 0 amide bonds. The van der Waals surface area contributed by atoms with E-state index in [1.165, 1.54) is 33.7 Å². The van der Waals surface area contributed by atoms with E-state index >= 15 is 0 Å². The molecule has 1 aromatic heterocycles. The molecule has 136 valence electrons. The van der Waals surface area contributed by atoms with Gasteiger partial charge in [0.05, 0.1) is 5.52 Å². The van der Waals surface area contributed by atoms with Crippen LogP contribution in [0, 0.1) is 13.8 Å². The second-order valence-electron chi connectivity index (χ2n) is 6.98. The molecule has 3 nitrogen and oxygen atoms in total. The maximum absolute atomic E-state index is 4.27. The maximum atomic E-state index is 4.27. The summed E-state index contributed by atoms with van der Waals surface area (Å²) < 4.78 is 2.02. The summed E-state index contributed by atoms with van der Waals surface area (Å²) in [5.74, 6) is 0. The van der Waals surface area contributed by atoms with Crippen LogP contribution in [0.1, 0.15) is 17.5 Å². The summed E-state index contributed by atoms with van der Waals surface area (Å²) in [7, 11) is 0.830. The van der Waals surface area contributed by atoms with Crippen molar-refractivity contribution >= 4 is 24.9 Å². The molecule has 0 radical (unpaired) electrons. The Morgan fingerprint density at radius 3 is 2.59 bits per heavy atom. The third kappa shape index (κ3) is 4.09. The number of fused-ring (bicyclic) bond motifs is 1. The Bertz CT molecular complexity index is 1050. The molecule has 3 aromatic carbocycles. The number of aromatic nitrogens is 3. The highest BCUT2D eigenvalue weighted by molar-refractivity contribution is 7.47. The number of aryl methyl sites for hydroxylation is 3. The summed E-state index contributed by atoms with van der Waals surface area (Å²) >= 11 is 0. The predicted molar refractivity (Wildman–Crippen MR) is 116 cm³/mol. The second kappa shape index (κ2) is 8.02. The summed E-state index contributed by atoms with van der Waals surface area (Å²) in [5.41, 5.74) is 7.38. The molecule has 4 heteroatoms. The van der Waals surface area contributed by atoms with E-state index in [1.807, 2.05) is 22.9 Å². The number of hydrogen-bond donors (Lipinski definition) is 0. The minimum absolute atomic E-state index is 0.830. The van der Waals surface area contributed by atoms with Crippen molar-refractivity contribution in [2.24, 2.45) is 0 Å². The van der Waals surface area contributed by atoms with Crippen LogP contribution in [-0.2, 0) is 6.54 Å². The molecular weight excluding hydrogens is 349 g/mol. The van der Waals surface area contributed by atoms with E-state index in [0.29, 0.717) is 0 Å². The van der Waals surface area contributed by atoms with Crippen LogP contribution in [0.5, 0.6) is 0 Å². The zero-order chi connectivity index (χ0) is 18.6.